The van der Waals surface area contributed by atoms with Crippen molar-refractivity contribution in [3.8, 4) is 0 Å². The van der Waals surface area contributed by atoms with Crippen LogP contribution in [0.5, 0.6) is 0 Å². The van der Waals surface area contributed by atoms with Crippen molar-refractivity contribution in [1.82, 2.24) is 9.21 Å². The fraction of sp³-hybridized carbons (Fsp3) is 0.696. The summed E-state index contributed by atoms with van der Waals surface area (Å²) in [5.41, 5.74) is -1.28. The fourth-order valence-corrected chi connectivity index (χ4v) is 6.08. The number of ether oxygens (including phenoxy) is 1. The molecule has 4 rings (SSSR count). The molecule has 2 heterocycles. The van der Waals surface area contributed by atoms with Gasteiger partial charge in [0.25, 0.3) is 0 Å². The van der Waals surface area contributed by atoms with Gasteiger partial charge >= 0.3 is 13.2 Å². The van der Waals surface area contributed by atoms with Gasteiger partial charge in [-0.25, -0.2) is 13.2 Å². The van der Waals surface area contributed by atoms with E-state index in [0.717, 1.165) is 18.3 Å². The SMILES string of the molecule is CC(C)(C)OC(=O)N1CCN(S(=O)(=O)c2ccc(B3OC(C)(C)C(C)(C)O3)cc2)C2(CC2)C1. The van der Waals surface area contributed by atoms with Crippen LogP contribution in [0, 0.1) is 0 Å². The first-order valence-corrected chi connectivity index (χ1v) is 13.0. The van der Waals surface area contributed by atoms with Crippen LogP contribution in [0.25, 0.3) is 0 Å². The lowest BCUT2D eigenvalue weighted by atomic mass is 9.79. The van der Waals surface area contributed by atoms with Gasteiger partial charge in [0.05, 0.1) is 21.6 Å². The molecule has 8 nitrogen and oxygen atoms in total. The monoisotopic (exact) mass is 478 g/mol. The Hall–Kier alpha value is -1.62. The molecule has 3 fully saturated rings. The van der Waals surface area contributed by atoms with Crippen molar-refractivity contribution in [3.05, 3.63) is 24.3 Å². The zero-order valence-corrected chi connectivity index (χ0v) is 21.5. The predicted octanol–water partition coefficient (Wildman–Crippen LogP) is 2.76. The Labute approximate surface area is 197 Å². The van der Waals surface area contributed by atoms with Crippen molar-refractivity contribution in [3.63, 3.8) is 0 Å². The largest absolute Gasteiger partial charge is 0.494 e. The molecule has 1 aromatic carbocycles. The number of sulfonamides is 1. The molecule has 0 N–H and O–H groups in total. The van der Waals surface area contributed by atoms with E-state index in [2.05, 4.69) is 0 Å². The topological polar surface area (TPSA) is 85.4 Å². The summed E-state index contributed by atoms with van der Waals surface area (Å²) in [5, 5.41) is 0. The first kappa shape index (κ1) is 24.5. The van der Waals surface area contributed by atoms with Crippen LogP contribution in [-0.2, 0) is 24.1 Å². The standard InChI is InChI=1S/C23H35BN2O6S/c1-20(2,3)30-19(27)25-14-15-26(23(16-25)12-13-23)33(28,29)18-10-8-17(9-11-18)24-31-21(4,5)22(6,7)32-24/h8-11H,12-16H2,1-7H3. The van der Waals surface area contributed by atoms with E-state index >= 15 is 0 Å². The summed E-state index contributed by atoms with van der Waals surface area (Å²) in [7, 11) is -4.25. The predicted molar refractivity (Wildman–Crippen MR) is 126 cm³/mol. The lowest BCUT2D eigenvalue weighted by Crippen LogP contribution is -2.58. The summed E-state index contributed by atoms with van der Waals surface area (Å²) in [5.74, 6) is 0. The number of hydrogen-bond donors (Lipinski definition) is 0. The fourth-order valence-electron chi connectivity index (χ4n) is 4.27. The highest BCUT2D eigenvalue weighted by Gasteiger charge is 2.57. The summed E-state index contributed by atoms with van der Waals surface area (Å²) in [4.78, 5) is 14.4. The third-order valence-electron chi connectivity index (χ3n) is 7.06. The molecule has 0 unspecified atom stereocenters. The number of carbonyl (C=O) groups excluding carboxylic acids is 1. The van der Waals surface area contributed by atoms with Crippen molar-refractivity contribution in [2.45, 2.75) is 88.5 Å². The first-order valence-electron chi connectivity index (χ1n) is 11.5. The van der Waals surface area contributed by atoms with Gasteiger partial charge in [0, 0.05) is 19.6 Å². The minimum Gasteiger partial charge on any atom is -0.444 e. The maximum Gasteiger partial charge on any atom is 0.494 e. The Morgan fingerprint density at radius 1 is 1.00 bits per heavy atom. The number of benzene rings is 1. The van der Waals surface area contributed by atoms with Crippen LogP contribution in [0.15, 0.2) is 29.2 Å². The number of hydrogen-bond acceptors (Lipinski definition) is 6. The Morgan fingerprint density at radius 3 is 2.03 bits per heavy atom. The van der Waals surface area contributed by atoms with E-state index in [1.165, 1.54) is 0 Å². The van der Waals surface area contributed by atoms with E-state index in [9.17, 15) is 13.2 Å². The number of piperazine rings is 1. The third kappa shape index (κ3) is 4.55. The van der Waals surface area contributed by atoms with E-state index in [1.807, 2.05) is 48.5 Å². The summed E-state index contributed by atoms with van der Waals surface area (Å²) >= 11 is 0. The summed E-state index contributed by atoms with van der Waals surface area (Å²) in [6, 6.07) is 6.75. The first-order chi connectivity index (χ1) is 15.1. The highest BCUT2D eigenvalue weighted by molar-refractivity contribution is 7.89. The second-order valence-electron chi connectivity index (χ2n) is 11.4. The Kier molecular flexibility index (Phi) is 5.72. The molecule has 0 radical (unpaired) electrons. The quantitative estimate of drug-likeness (QED) is 0.622. The van der Waals surface area contributed by atoms with Crippen LogP contribution < -0.4 is 5.46 Å². The van der Waals surface area contributed by atoms with Gasteiger partial charge in [-0.2, -0.15) is 4.31 Å². The van der Waals surface area contributed by atoms with Crippen LogP contribution >= 0.6 is 0 Å². The van der Waals surface area contributed by atoms with Gasteiger partial charge in [0.1, 0.15) is 5.60 Å². The maximum absolute atomic E-state index is 13.5. The van der Waals surface area contributed by atoms with E-state index in [1.54, 1.807) is 33.5 Å². The highest BCUT2D eigenvalue weighted by atomic mass is 32.2. The Morgan fingerprint density at radius 2 is 1.55 bits per heavy atom. The maximum atomic E-state index is 13.5. The molecule has 0 atom stereocenters. The van der Waals surface area contributed by atoms with Crippen LogP contribution in [0.2, 0.25) is 0 Å². The number of nitrogens with zero attached hydrogens (tertiary/aromatic N) is 2. The van der Waals surface area contributed by atoms with Crippen LogP contribution in [0.3, 0.4) is 0 Å². The van der Waals surface area contributed by atoms with Crippen molar-refractivity contribution in [1.29, 1.82) is 0 Å². The average molecular weight is 478 g/mol. The van der Waals surface area contributed by atoms with E-state index in [4.69, 9.17) is 14.0 Å². The van der Waals surface area contributed by atoms with Crippen molar-refractivity contribution in [2.75, 3.05) is 19.6 Å². The molecule has 10 heteroatoms. The summed E-state index contributed by atoms with van der Waals surface area (Å²) < 4.78 is 46.2. The van der Waals surface area contributed by atoms with Crippen molar-refractivity contribution in [2.24, 2.45) is 0 Å². The summed E-state index contributed by atoms with van der Waals surface area (Å²) in [6.45, 7) is 14.3. The van der Waals surface area contributed by atoms with Crippen LogP contribution in [0.4, 0.5) is 4.79 Å². The molecule has 0 aromatic heterocycles. The van der Waals surface area contributed by atoms with Gasteiger partial charge in [0.15, 0.2) is 0 Å². The number of amides is 1. The van der Waals surface area contributed by atoms with Crippen LogP contribution in [-0.4, -0.2) is 72.8 Å². The lowest BCUT2D eigenvalue weighted by molar-refractivity contribution is 0.00578. The zero-order valence-electron chi connectivity index (χ0n) is 20.7. The van der Waals surface area contributed by atoms with Crippen molar-refractivity contribution < 1.29 is 27.3 Å². The molecule has 1 amide bonds. The highest BCUT2D eigenvalue weighted by Crippen LogP contribution is 2.47. The number of carbonyl (C=O) groups is 1. The molecule has 182 valence electrons. The van der Waals surface area contributed by atoms with Gasteiger partial charge in [0.2, 0.25) is 10.0 Å². The van der Waals surface area contributed by atoms with Crippen molar-refractivity contribution >= 4 is 28.7 Å². The van der Waals surface area contributed by atoms with Gasteiger partial charge in [-0.3, -0.25) is 0 Å². The van der Waals surface area contributed by atoms with Crippen LogP contribution in [0.1, 0.15) is 61.3 Å². The molecule has 1 saturated carbocycles. The molecule has 3 aliphatic rings. The van der Waals surface area contributed by atoms with Gasteiger partial charge < -0.3 is 18.9 Å². The minimum atomic E-state index is -3.70. The van der Waals surface area contributed by atoms with Gasteiger partial charge in [-0.15, -0.1) is 0 Å². The molecule has 1 spiro atoms. The smallest absolute Gasteiger partial charge is 0.444 e. The molecule has 1 aliphatic carbocycles. The molecule has 2 aliphatic heterocycles. The Bertz CT molecular complexity index is 1010. The van der Waals surface area contributed by atoms with E-state index < -0.39 is 45.6 Å². The van der Waals surface area contributed by atoms with E-state index in [0.29, 0.717) is 13.1 Å². The number of rotatable bonds is 3. The molecule has 1 aromatic rings. The lowest BCUT2D eigenvalue weighted by Gasteiger charge is -2.41. The van der Waals surface area contributed by atoms with Gasteiger partial charge in [-0.1, -0.05) is 12.1 Å². The second kappa shape index (κ2) is 7.70. The molecular weight excluding hydrogens is 443 g/mol. The molecule has 0 bridgehead atoms. The minimum absolute atomic E-state index is 0.236. The average Bonchev–Trinajstić information content (AvgIpc) is 3.39. The third-order valence-corrected chi connectivity index (χ3v) is 9.08. The zero-order chi connectivity index (χ0) is 24.4. The Balaban J connectivity index is 1.49. The normalized spacial score (nSPS) is 24.2. The molecule has 2 saturated heterocycles. The van der Waals surface area contributed by atoms with E-state index in [-0.39, 0.29) is 11.4 Å². The molecular formula is C23H35BN2O6S. The molecule has 33 heavy (non-hydrogen) atoms. The van der Waals surface area contributed by atoms with Gasteiger partial charge in [-0.05, 0) is 78.9 Å². The second-order valence-corrected chi connectivity index (χ2v) is 13.2. The summed E-state index contributed by atoms with van der Waals surface area (Å²) in [6.07, 6.45) is 1.08.